The SMILES string of the molecule is COCC1CCN(S(=O)(=O)c2c(C)oc(C)c2CO)C1. The molecule has 1 N–H and O–H groups in total. The number of hydrogen-bond acceptors (Lipinski definition) is 5. The van der Waals surface area contributed by atoms with E-state index in [9.17, 15) is 13.5 Å². The minimum Gasteiger partial charge on any atom is -0.465 e. The summed E-state index contributed by atoms with van der Waals surface area (Å²) in [5, 5.41) is 9.39. The monoisotopic (exact) mass is 303 g/mol. The number of aliphatic hydroxyl groups excluding tert-OH is 1. The van der Waals surface area contributed by atoms with E-state index in [0.29, 0.717) is 36.8 Å². The largest absolute Gasteiger partial charge is 0.465 e. The third-order valence-corrected chi connectivity index (χ3v) is 5.79. The molecule has 0 bridgehead atoms. The minimum absolute atomic E-state index is 0.121. The van der Waals surface area contributed by atoms with Crippen LogP contribution in [0, 0.1) is 19.8 Å². The first-order chi connectivity index (χ1) is 9.41. The molecule has 0 radical (unpaired) electrons. The Hall–Kier alpha value is -0.890. The second-order valence-corrected chi connectivity index (χ2v) is 7.03. The summed E-state index contributed by atoms with van der Waals surface area (Å²) in [6.45, 7) is 4.42. The summed E-state index contributed by atoms with van der Waals surface area (Å²) in [5.74, 6) is 1.01. The molecule has 1 atom stereocenters. The topological polar surface area (TPSA) is 80.0 Å². The first-order valence-electron chi connectivity index (χ1n) is 6.60. The van der Waals surface area contributed by atoms with Crippen molar-refractivity contribution in [2.24, 2.45) is 5.92 Å². The van der Waals surface area contributed by atoms with Gasteiger partial charge >= 0.3 is 0 Å². The van der Waals surface area contributed by atoms with Gasteiger partial charge in [-0.2, -0.15) is 4.31 Å². The van der Waals surface area contributed by atoms with Gasteiger partial charge in [-0.25, -0.2) is 8.42 Å². The van der Waals surface area contributed by atoms with Crippen molar-refractivity contribution in [2.75, 3.05) is 26.8 Å². The molecule has 0 aliphatic carbocycles. The highest BCUT2D eigenvalue weighted by Crippen LogP contribution is 2.32. The average Bonchev–Trinajstić information content (AvgIpc) is 2.94. The Morgan fingerprint density at radius 3 is 2.70 bits per heavy atom. The maximum Gasteiger partial charge on any atom is 0.246 e. The molecule has 1 fully saturated rings. The molecule has 1 aliphatic rings. The van der Waals surface area contributed by atoms with E-state index in [-0.39, 0.29) is 17.4 Å². The molecule has 1 aromatic heterocycles. The second-order valence-electron chi connectivity index (χ2n) is 5.15. The van der Waals surface area contributed by atoms with E-state index in [1.54, 1.807) is 21.0 Å². The molecule has 2 heterocycles. The molecule has 1 saturated heterocycles. The number of nitrogens with zero attached hydrogens (tertiary/aromatic N) is 1. The fourth-order valence-corrected chi connectivity index (χ4v) is 4.68. The molecular weight excluding hydrogens is 282 g/mol. The highest BCUT2D eigenvalue weighted by Gasteiger charge is 2.36. The smallest absolute Gasteiger partial charge is 0.246 e. The van der Waals surface area contributed by atoms with Gasteiger partial charge in [-0.15, -0.1) is 0 Å². The maximum absolute atomic E-state index is 12.7. The second kappa shape index (κ2) is 5.85. The molecule has 20 heavy (non-hydrogen) atoms. The molecule has 0 spiro atoms. The standard InChI is InChI=1S/C13H21NO5S/c1-9-12(7-15)13(10(2)19-9)20(16,17)14-5-4-11(6-14)8-18-3/h11,15H,4-8H2,1-3H3. The Morgan fingerprint density at radius 2 is 2.10 bits per heavy atom. The number of hydrogen-bond donors (Lipinski definition) is 1. The third kappa shape index (κ3) is 2.63. The molecule has 1 aliphatic heterocycles. The quantitative estimate of drug-likeness (QED) is 0.879. The summed E-state index contributed by atoms with van der Waals surface area (Å²) < 4.78 is 37.3. The van der Waals surface area contributed by atoms with Crippen LogP contribution in [-0.2, 0) is 21.4 Å². The summed E-state index contributed by atoms with van der Waals surface area (Å²) in [7, 11) is -2.00. The van der Waals surface area contributed by atoms with Crippen LogP contribution in [0.4, 0.5) is 0 Å². The molecule has 0 saturated carbocycles. The summed E-state index contributed by atoms with van der Waals surface area (Å²) in [6, 6.07) is 0. The lowest BCUT2D eigenvalue weighted by molar-refractivity contribution is 0.157. The molecule has 114 valence electrons. The van der Waals surface area contributed by atoms with Gasteiger partial charge in [-0.1, -0.05) is 0 Å². The first kappa shape index (κ1) is 15.5. The van der Waals surface area contributed by atoms with Crippen molar-refractivity contribution in [3.63, 3.8) is 0 Å². The van der Waals surface area contributed by atoms with Crippen molar-refractivity contribution < 1.29 is 22.7 Å². The lowest BCUT2D eigenvalue weighted by Crippen LogP contribution is -2.30. The van der Waals surface area contributed by atoms with Gasteiger partial charge < -0.3 is 14.3 Å². The van der Waals surface area contributed by atoms with E-state index in [4.69, 9.17) is 9.15 Å². The van der Waals surface area contributed by atoms with Gasteiger partial charge in [0, 0.05) is 25.8 Å². The van der Waals surface area contributed by atoms with Crippen LogP contribution in [0.2, 0.25) is 0 Å². The van der Waals surface area contributed by atoms with Crippen molar-refractivity contribution in [2.45, 2.75) is 31.8 Å². The number of aryl methyl sites for hydroxylation is 2. The van der Waals surface area contributed by atoms with Crippen LogP contribution in [0.1, 0.15) is 23.5 Å². The lowest BCUT2D eigenvalue weighted by Gasteiger charge is -2.17. The molecule has 1 aromatic rings. The van der Waals surface area contributed by atoms with E-state index in [1.165, 1.54) is 4.31 Å². The van der Waals surface area contributed by atoms with Crippen LogP contribution >= 0.6 is 0 Å². The Balaban J connectivity index is 2.32. The number of aliphatic hydroxyl groups is 1. The number of furan rings is 1. The van der Waals surface area contributed by atoms with Crippen LogP contribution in [0.5, 0.6) is 0 Å². The minimum atomic E-state index is -3.62. The normalized spacial score (nSPS) is 20.7. The third-order valence-electron chi connectivity index (χ3n) is 3.73. The van der Waals surface area contributed by atoms with E-state index in [2.05, 4.69) is 0 Å². The van der Waals surface area contributed by atoms with Crippen LogP contribution in [0.3, 0.4) is 0 Å². The van der Waals surface area contributed by atoms with Gasteiger partial charge in [0.15, 0.2) is 0 Å². The van der Waals surface area contributed by atoms with Crippen LogP contribution in [0.25, 0.3) is 0 Å². The number of sulfonamides is 1. The van der Waals surface area contributed by atoms with Crippen molar-refractivity contribution in [3.8, 4) is 0 Å². The predicted molar refractivity (Wildman–Crippen MR) is 72.8 cm³/mol. The Labute approximate surface area is 119 Å². The van der Waals surface area contributed by atoms with Gasteiger partial charge in [0.2, 0.25) is 10.0 Å². The molecule has 2 rings (SSSR count). The van der Waals surface area contributed by atoms with E-state index < -0.39 is 10.0 Å². The lowest BCUT2D eigenvalue weighted by atomic mass is 10.1. The molecule has 0 amide bonds. The number of rotatable bonds is 5. The van der Waals surface area contributed by atoms with Crippen LogP contribution in [0.15, 0.2) is 9.31 Å². The average molecular weight is 303 g/mol. The molecule has 1 unspecified atom stereocenters. The predicted octanol–water partition coefficient (Wildman–Crippen LogP) is 1.05. The van der Waals surface area contributed by atoms with Crippen molar-refractivity contribution in [3.05, 3.63) is 17.1 Å². The molecule has 0 aromatic carbocycles. The van der Waals surface area contributed by atoms with E-state index >= 15 is 0 Å². The highest BCUT2D eigenvalue weighted by atomic mass is 32.2. The fraction of sp³-hybridized carbons (Fsp3) is 0.692. The fourth-order valence-electron chi connectivity index (χ4n) is 2.75. The van der Waals surface area contributed by atoms with Crippen LogP contribution < -0.4 is 0 Å². The Kier molecular flexibility index (Phi) is 4.53. The summed E-state index contributed by atoms with van der Waals surface area (Å²) in [5.41, 5.74) is 0.359. The molecule has 6 nitrogen and oxygen atoms in total. The number of ether oxygens (including phenoxy) is 1. The first-order valence-corrected chi connectivity index (χ1v) is 8.04. The Morgan fingerprint density at radius 1 is 1.40 bits per heavy atom. The zero-order valence-electron chi connectivity index (χ0n) is 12.0. The summed E-state index contributed by atoms with van der Waals surface area (Å²) in [4.78, 5) is 0.121. The Bertz CT molecular complexity index is 578. The van der Waals surface area contributed by atoms with Gasteiger partial charge in [-0.3, -0.25) is 0 Å². The van der Waals surface area contributed by atoms with Gasteiger partial charge in [0.25, 0.3) is 0 Å². The van der Waals surface area contributed by atoms with Gasteiger partial charge in [0.1, 0.15) is 16.4 Å². The van der Waals surface area contributed by atoms with E-state index in [1.807, 2.05) is 0 Å². The summed E-state index contributed by atoms with van der Waals surface area (Å²) >= 11 is 0. The zero-order valence-corrected chi connectivity index (χ0v) is 12.9. The molecular formula is C13H21NO5S. The van der Waals surface area contributed by atoms with Gasteiger partial charge in [-0.05, 0) is 26.2 Å². The van der Waals surface area contributed by atoms with Crippen LogP contribution in [-0.4, -0.2) is 44.6 Å². The molecule has 7 heteroatoms. The van der Waals surface area contributed by atoms with E-state index in [0.717, 1.165) is 6.42 Å². The van der Waals surface area contributed by atoms with Crippen molar-refractivity contribution in [1.82, 2.24) is 4.31 Å². The van der Waals surface area contributed by atoms with Crippen molar-refractivity contribution in [1.29, 1.82) is 0 Å². The highest BCUT2D eigenvalue weighted by molar-refractivity contribution is 7.89. The maximum atomic E-state index is 12.7. The number of methoxy groups -OCH3 is 1. The van der Waals surface area contributed by atoms with Gasteiger partial charge in [0.05, 0.1) is 13.2 Å². The van der Waals surface area contributed by atoms with Crippen molar-refractivity contribution >= 4 is 10.0 Å². The summed E-state index contributed by atoms with van der Waals surface area (Å²) in [6.07, 6.45) is 0.789. The zero-order chi connectivity index (χ0) is 14.9.